The van der Waals surface area contributed by atoms with E-state index in [9.17, 15) is 5.11 Å². The highest BCUT2D eigenvalue weighted by Crippen LogP contribution is 2.22. The minimum Gasteiger partial charge on any atom is -0.492 e. The van der Waals surface area contributed by atoms with Gasteiger partial charge in [-0.1, -0.05) is 0 Å². The van der Waals surface area contributed by atoms with E-state index in [0.717, 1.165) is 13.2 Å². The van der Waals surface area contributed by atoms with Gasteiger partial charge in [0.05, 0.1) is 18.9 Å². The average molecular weight is 223 g/mol. The molecule has 88 valence electrons. The summed E-state index contributed by atoms with van der Waals surface area (Å²) in [4.78, 5) is 4.23. The van der Waals surface area contributed by atoms with Gasteiger partial charge in [0.15, 0.2) is 0 Å². The number of hydrogen-bond donors (Lipinski definition) is 2. The Balaban J connectivity index is 1.95. The van der Waals surface area contributed by atoms with Gasteiger partial charge < -0.3 is 20.6 Å². The lowest BCUT2D eigenvalue weighted by atomic mass is 10.4. The van der Waals surface area contributed by atoms with Crippen molar-refractivity contribution < 1.29 is 5.11 Å². The first-order chi connectivity index (χ1) is 7.58. The first kappa shape index (κ1) is 10.7. The predicted molar refractivity (Wildman–Crippen MR) is 61.5 cm³/mol. The van der Waals surface area contributed by atoms with Crippen molar-refractivity contribution in [2.75, 3.05) is 26.0 Å². The Kier molecular flexibility index (Phi) is 2.64. The Bertz CT molecular complexity index is 412. The van der Waals surface area contributed by atoms with E-state index in [1.807, 2.05) is 19.4 Å². The third kappa shape index (κ3) is 1.91. The molecule has 1 aliphatic rings. The number of nitrogen functional groups attached to an aromatic ring is 1. The molecule has 0 atom stereocenters. The smallest absolute Gasteiger partial charge is 0.233 e. The number of anilines is 1. The van der Waals surface area contributed by atoms with Crippen molar-refractivity contribution in [3.8, 4) is 5.88 Å². The standard InChI is InChI=1S/C10H17N5O/c1-8-9(11)10(16)15(12-8)6-5-14-4-3-13(2)7-14/h3-4,16H,5-7,11H2,1-2H3. The van der Waals surface area contributed by atoms with Crippen LogP contribution >= 0.6 is 0 Å². The second-order valence-electron chi connectivity index (χ2n) is 4.05. The molecule has 2 heterocycles. The van der Waals surface area contributed by atoms with Crippen molar-refractivity contribution in [3.05, 3.63) is 18.1 Å². The van der Waals surface area contributed by atoms with Crippen LogP contribution in [0.3, 0.4) is 0 Å². The molecule has 0 fully saturated rings. The molecule has 6 nitrogen and oxygen atoms in total. The number of nitrogens with two attached hydrogens (primary N) is 1. The van der Waals surface area contributed by atoms with Gasteiger partial charge in [0.25, 0.3) is 0 Å². The second kappa shape index (κ2) is 3.96. The fourth-order valence-electron chi connectivity index (χ4n) is 1.70. The van der Waals surface area contributed by atoms with Crippen molar-refractivity contribution in [2.24, 2.45) is 0 Å². The van der Waals surface area contributed by atoms with E-state index in [-0.39, 0.29) is 5.88 Å². The van der Waals surface area contributed by atoms with Gasteiger partial charge >= 0.3 is 0 Å². The molecular weight excluding hydrogens is 206 g/mol. The molecule has 0 amide bonds. The highest BCUT2D eigenvalue weighted by molar-refractivity contribution is 5.51. The number of nitrogens with zero attached hydrogens (tertiary/aromatic N) is 4. The zero-order valence-electron chi connectivity index (χ0n) is 9.59. The van der Waals surface area contributed by atoms with E-state index in [1.165, 1.54) is 4.68 Å². The molecule has 0 aromatic carbocycles. The zero-order chi connectivity index (χ0) is 11.7. The van der Waals surface area contributed by atoms with Crippen molar-refractivity contribution in [3.63, 3.8) is 0 Å². The number of aryl methyl sites for hydroxylation is 1. The zero-order valence-corrected chi connectivity index (χ0v) is 9.59. The lowest BCUT2D eigenvalue weighted by molar-refractivity contribution is 0.276. The van der Waals surface area contributed by atoms with E-state index >= 15 is 0 Å². The Morgan fingerprint density at radius 1 is 1.44 bits per heavy atom. The van der Waals surface area contributed by atoms with Crippen molar-refractivity contribution >= 4 is 5.69 Å². The van der Waals surface area contributed by atoms with Crippen LogP contribution in [0.15, 0.2) is 12.4 Å². The van der Waals surface area contributed by atoms with Crippen LogP contribution in [0.25, 0.3) is 0 Å². The van der Waals surface area contributed by atoms with Gasteiger partial charge in [0, 0.05) is 26.0 Å². The molecule has 2 rings (SSSR count). The van der Waals surface area contributed by atoms with Crippen LogP contribution < -0.4 is 5.73 Å². The van der Waals surface area contributed by atoms with Crippen LogP contribution in [0.5, 0.6) is 5.88 Å². The molecule has 1 aromatic rings. The fourth-order valence-corrected chi connectivity index (χ4v) is 1.70. The molecule has 0 saturated heterocycles. The van der Waals surface area contributed by atoms with Crippen LogP contribution in [-0.2, 0) is 6.54 Å². The van der Waals surface area contributed by atoms with Gasteiger partial charge in [0.2, 0.25) is 5.88 Å². The lowest BCUT2D eigenvalue weighted by Crippen LogP contribution is -2.26. The van der Waals surface area contributed by atoms with Crippen molar-refractivity contribution in [1.29, 1.82) is 0 Å². The van der Waals surface area contributed by atoms with Gasteiger partial charge in [-0.3, -0.25) is 0 Å². The van der Waals surface area contributed by atoms with Gasteiger partial charge in [-0.2, -0.15) is 5.10 Å². The summed E-state index contributed by atoms with van der Waals surface area (Å²) in [5.41, 5.74) is 6.68. The van der Waals surface area contributed by atoms with Gasteiger partial charge in [-0.05, 0) is 6.92 Å². The predicted octanol–water partition coefficient (Wildman–Crippen LogP) is 0.155. The number of hydrogen-bond acceptors (Lipinski definition) is 5. The third-order valence-electron chi connectivity index (χ3n) is 2.68. The summed E-state index contributed by atoms with van der Waals surface area (Å²) < 4.78 is 1.54. The summed E-state index contributed by atoms with van der Waals surface area (Å²) in [5.74, 6) is 0.0639. The summed E-state index contributed by atoms with van der Waals surface area (Å²) >= 11 is 0. The Morgan fingerprint density at radius 3 is 2.69 bits per heavy atom. The van der Waals surface area contributed by atoms with Crippen LogP contribution in [0.2, 0.25) is 0 Å². The number of aromatic nitrogens is 2. The summed E-state index contributed by atoms with van der Waals surface area (Å²) in [7, 11) is 2.02. The summed E-state index contributed by atoms with van der Waals surface area (Å²) in [6.45, 7) is 4.09. The minimum atomic E-state index is 0.0639. The van der Waals surface area contributed by atoms with Crippen LogP contribution in [0.4, 0.5) is 5.69 Å². The molecule has 3 N–H and O–H groups in total. The van der Waals surface area contributed by atoms with E-state index in [4.69, 9.17) is 5.73 Å². The Hall–Kier alpha value is -1.85. The second-order valence-corrected chi connectivity index (χ2v) is 4.05. The van der Waals surface area contributed by atoms with Gasteiger partial charge in [-0.15, -0.1) is 0 Å². The fraction of sp³-hybridized carbons (Fsp3) is 0.500. The monoisotopic (exact) mass is 223 g/mol. The molecule has 0 bridgehead atoms. The maximum absolute atomic E-state index is 9.67. The summed E-state index contributed by atoms with van der Waals surface area (Å²) in [5, 5.41) is 13.8. The normalized spacial score (nSPS) is 15.1. The molecular formula is C10H17N5O. The van der Waals surface area contributed by atoms with E-state index in [2.05, 4.69) is 14.9 Å². The summed E-state index contributed by atoms with van der Waals surface area (Å²) in [6, 6.07) is 0. The van der Waals surface area contributed by atoms with Gasteiger partial charge in [0.1, 0.15) is 5.69 Å². The van der Waals surface area contributed by atoms with Gasteiger partial charge in [-0.25, -0.2) is 4.68 Å². The van der Waals surface area contributed by atoms with E-state index in [0.29, 0.717) is 17.9 Å². The first-order valence-corrected chi connectivity index (χ1v) is 5.22. The molecule has 0 saturated carbocycles. The minimum absolute atomic E-state index is 0.0639. The van der Waals surface area contributed by atoms with E-state index < -0.39 is 0 Å². The number of aromatic hydroxyl groups is 1. The highest BCUT2D eigenvalue weighted by atomic mass is 16.3. The molecule has 1 aliphatic heterocycles. The molecule has 0 aliphatic carbocycles. The maximum Gasteiger partial charge on any atom is 0.233 e. The third-order valence-corrected chi connectivity index (χ3v) is 2.68. The van der Waals surface area contributed by atoms with Crippen LogP contribution in [-0.4, -0.2) is 44.9 Å². The van der Waals surface area contributed by atoms with Crippen LogP contribution in [0.1, 0.15) is 5.69 Å². The SMILES string of the molecule is Cc1nn(CCN2C=CN(C)C2)c(O)c1N. The quantitative estimate of drug-likeness (QED) is 0.763. The lowest BCUT2D eigenvalue weighted by Gasteiger charge is -2.17. The Morgan fingerprint density at radius 2 is 2.19 bits per heavy atom. The van der Waals surface area contributed by atoms with Crippen molar-refractivity contribution in [2.45, 2.75) is 13.5 Å². The maximum atomic E-state index is 9.67. The number of rotatable bonds is 3. The topological polar surface area (TPSA) is 70.5 Å². The van der Waals surface area contributed by atoms with Crippen molar-refractivity contribution in [1.82, 2.24) is 19.6 Å². The first-order valence-electron chi connectivity index (χ1n) is 5.22. The molecule has 0 unspecified atom stereocenters. The van der Waals surface area contributed by atoms with Crippen LogP contribution in [0, 0.1) is 6.92 Å². The molecule has 1 aromatic heterocycles. The van der Waals surface area contributed by atoms with E-state index in [1.54, 1.807) is 6.92 Å². The largest absolute Gasteiger partial charge is 0.492 e. The summed E-state index contributed by atoms with van der Waals surface area (Å²) in [6.07, 6.45) is 4.04. The highest BCUT2D eigenvalue weighted by Gasteiger charge is 2.13. The molecule has 16 heavy (non-hydrogen) atoms. The average Bonchev–Trinajstić information content (AvgIpc) is 2.76. The molecule has 6 heteroatoms. The Labute approximate surface area is 94.6 Å². The molecule has 0 radical (unpaired) electrons. The molecule has 0 spiro atoms.